The lowest BCUT2D eigenvalue weighted by Gasteiger charge is -2.22. The molecule has 1 fully saturated rings. The second-order valence-corrected chi connectivity index (χ2v) is 6.99. The number of benzene rings is 1. The average molecular weight is 380 g/mol. The lowest BCUT2D eigenvalue weighted by molar-refractivity contribution is -0.131. The van der Waals surface area contributed by atoms with Gasteiger partial charge in [0.1, 0.15) is 0 Å². The third-order valence-corrected chi connectivity index (χ3v) is 4.95. The molecule has 0 N–H and O–H groups in total. The van der Waals surface area contributed by atoms with E-state index in [2.05, 4.69) is 39.3 Å². The van der Waals surface area contributed by atoms with Gasteiger partial charge in [0.05, 0.1) is 6.26 Å². The van der Waals surface area contributed by atoms with Crippen molar-refractivity contribution in [2.24, 2.45) is 0 Å². The zero-order valence-electron chi connectivity index (χ0n) is 15.8. The van der Waals surface area contributed by atoms with Gasteiger partial charge in [0.15, 0.2) is 5.76 Å². The van der Waals surface area contributed by atoms with Crippen LogP contribution in [0.15, 0.2) is 57.7 Å². The minimum atomic E-state index is 0.138. The Morgan fingerprint density at radius 3 is 2.75 bits per heavy atom. The Labute approximate surface area is 163 Å². The highest BCUT2D eigenvalue weighted by Gasteiger charge is 2.20. The van der Waals surface area contributed by atoms with Gasteiger partial charge in [-0.15, -0.1) is 0 Å². The Balaban J connectivity index is 1.26. The number of aromatic nitrogens is 2. The number of amides is 1. The molecule has 0 spiro atoms. The highest BCUT2D eigenvalue weighted by Crippen LogP contribution is 2.17. The summed E-state index contributed by atoms with van der Waals surface area (Å²) in [6.07, 6.45) is 3.37. The Morgan fingerprint density at radius 1 is 1.04 bits per heavy atom. The van der Waals surface area contributed by atoms with E-state index >= 15 is 0 Å². The molecular weight excluding hydrogens is 356 g/mol. The second kappa shape index (κ2) is 8.84. The Bertz CT molecular complexity index is 876. The average Bonchev–Trinajstić information content (AvgIpc) is 3.36. The summed E-state index contributed by atoms with van der Waals surface area (Å²) in [5, 5.41) is 3.90. The molecule has 0 bridgehead atoms. The molecule has 28 heavy (non-hydrogen) atoms. The maximum atomic E-state index is 12.6. The van der Waals surface area contributed by atoms with Crippen molar-refractivity contribution in [2.45, 2.75) is 25.8 Å². The fourth-order valence-corrected chi connectivity index (χ4v) is 3.45. The van der Waals surface area contributed by atoms with E-state index < -0.39 is 0 Å². The van der Waals surface area contributed by atoms with Crippen molar-refractivity contribution < 1.29 is 13.7 Å². The van der Waals surface area contributed by atoms with Gasteiger partial charge < -0.3 is 13.8 Å². The van der Waals surface area contributed by atoms with Crippen LogP contribution in [0.4, 0.5) is 0 Å². The number of rotatable bonds is 6. The first-order valence-electron chi connectivity index (χ1n) is 9.68. The third-order valence-electron chi connectivity index (χ3n) is 4.95. The number of hydrogen-bond donors (Lipinski definition) is 0. The molecule has 1 aromatic carbocycles. The van der Waals surface area contributed by atoms with Crippen molar-refractivity contribution in [1.82, 2.24) is 19.9 Å². The molecule has 1 aliphatic rings. The van der Waals surface area contributed by atoms with E-state index in [0.29, 0.717) is 30.3 Å². The van der Waals surface area contributed by atoms with Gasteiger partial charge >= 0.3 is 0 Å². The monoisotopic (exact) mass is 380 g/mol. The summed E-state index contributed by atoms with van der Waals surface area (Å²) in [4.78, 5) is 21.3. The lowest BCUT2D eigenvalue weighted by atomic mass is 10.2. The van der Waals surface area contributed by atoms with Crippen LogP contribution in [0.3, 0.4) is 0 Å². The summed E-state index contributed by atoms with van der Waals surface area (Å²) >= 11 is 0. The van der Waals surface area contributed by atoms with Crippen molar-refractivity contribution in [1.29, 1.82) is 0 Å². The maximum absolute atomic E-state index is 12.6. The molecule has 4 rings (SSSR count). The molecule has 1 amide bonds. The molecule has 2 aromatic heterocycles. The van der Waals surface area contributed by atoms with Crippen LogP contribution < -0.4 is 0 Å². The minimum Gasteiger partial charge on any atom is -0.461 e. The van der Waals surface area contributed by atoms with E-state index in [4.69, 9.17) is 8.94 Å². The van der Waals surface area contributed by atoms with Gasteiger partial charge in [-0.2, -0.15) is 4.98 Å². The molecule has 3 aromatic rings. The number of aryl methyl sites for hydroxylation is 1. The molecule has 7 heteroatoms. The Kier molecular flexibility index (Phi) is 5.82. The smallest absolute Gasteiger partial charge is 0.238 e. The molecule has 7 nitrogen and oxygen atoms in total. The van der Waals surface area contributed by atoms with Crippen LogP contribution >= 0.6 is 0 Å². The summed E-state index contributed by atoms with van der Waals surface area (Å²) < 4.78 is 10.5. The third kappa shape index (κ3) is 4.67. The molecule has 3 heterocycles. The van der Waals surface area contributed by atoms with Gasteiger partial charge in [-0.1, -0.05) is 35.5 Å². The summed E-state index contributed by atoms with van der Waals surface area (Å²) in [6.45, 7) is 4.39. The van der Waals surface area contributed by atoms with Crippen LogP contribution in [0.1, 0.15) is 24.3 Å². The summed E-state index contributed by atoms with van der Waals surface area (Å²) in [7, 11) is 0. The fraction of sp³-hybridized carbons (Fsp3) is 0.381. The van der Waals surface area contributed by atoms with Gasteiger partial charge in [0.2, 0.25) is 17.6 Å². The van der Waals surface area contributed by atoms with E-state index in [1.807, 2.05) is 11.0 Å². The van der Waals surface area contributed by atoms with E-state index in [1.165, 1.54) is 5.56 Å². The van der Waals surface area contributed by atoms with Crippen LogP contribution in [0, 0.1) is 0 Å². The van der Waals surface area contributed by atoms with Crippen molar-refractivity contribution in [3.8, 4) is 11.6 Å². The van der Waals surface area contributed by atoms with Crippen molar-refractivity contribution in [3.63, 3.8) is 0 Å². The number of nitrogens with zero attached hydrogens (tertiary/aromatic N) is 4. The van der Waals surface area contributed by atoms with Gasteiger partial charge in [0, 0.05) is 45.6 Å². The molecule has 146 valence electrons. The van der Waals surface area contributed by atoms with Crippen LogP contribution in [0.2, 0.25) is 0 Å². The number of furan rings is 1. The predicted molar refractivity (Wildman–Crippen MR) is 103 cm³/mol. The molecule has 1 aliphatic heterocycles. The summed E-state index contributed by atoms with van der Waals surface area (Å²) in [6, 6.07) is 14.0. The Hall–Kier alpha value is -2.93. The standard InChI is InChI=1S/C21H24N4O3/c26-20(10-9-19-22-21(23-28-19)18-8-4-15-27-18)25-12-5-11-24(13-14-25)16-17-6-2-1-3-7-17/h1-4,6-8,15H,5,9-14,16H2. The topological polar surface area (TPSA) is 75.6 Å². The molecule has 1 saturated heterocycles. The lowest BCUT2D eigenvalue weighted by Crippen LogP contribution is -2.35. The van der Waals surface area contributed by atoms with Crippen LogP contribution in [0.5, 0.6) is 0 Å². The van der Waals surface area contributed by atoms with E-state index in [-0.39, 0.29) is 5.91 Å². The maximum Gasteiger partial charge on any atom is 0.238 e. The van der Waals surface area contributed by atoms with Crippen molar-refractivity contribution in [2.75, 3.05) is 26.2 Å². The van der Waals surface area contributed by atoms with E-state index in [1.54, 1.807) is 18.4 Å². The first-order valence-corrected chi connectivity index (χ1v) is 9.68. The number of hydrogen-bond acceptors (Lipinski definition) is 6. The Morgan fingerprint density at radius 2 is 1.93 bits per heavy atom. The van der Waals surface area contributed by atoms with E-state index in [9.17, 15) is 4.79 Å². The molecule has 0 radical (unpaired) electrons. The number of carbonyl (C=O) groups excluding carboxylic acids is 1. The van der Waals surface area contributed by atoms with Gasteiger partial charge in [-0.05, 0) is 24.1 Å². The van der Waals surface area contributed by atoms with Crippen molar-refractivity contribution in [3.05, 3.63) is 60.2 Å². The zero-order chi connectivity index (χ0) is 19.2. The molecule has 0 unspecified atom stereocenters. The first kappa shape index (κ1) is 18.4. The normalized spacial score (nSPS) is 15.5. The van der Waals surface area contributed by atoms with Gasteiger partial charge in [-0.25, -0.2) is 0 Å². The highest BCUT2D eigenvalue weighted by molar-refractivity contribution is 5.76. The first-order chi connectivity index (χ1) is 13.8. The second-order valence-electron chi connectivity index (χ2n) is 6.99. The highest BCUT2D eigenvalue weighted by atomic mass is 16.5. The largest absolute Gasteiger partial charge is 0.461 e. The molecule has 0 aliphatic carbocycles. The SMILES string of the molecule is O=C(CCc1nc(-c2ccco2)no1)N1CCCN(Cc2ccccc2)CC1. The summed E-state index contributed by atoms with van der Waals surface area (Å²) in [5.74, 6) is 1.57. The fourth-order valence-electron chi connectivity index (χ4n) is 3.45. The zero-order valence-corrected chi connectivity index (χ0v) is 15.8. The van der Waals surface area contributed by atoms with Gasteiger partial charge in [0.25, 0.3) is 0 Å². The van der Waals surface area contributed by atoms with Gasteiger partial charge in [-0.3, -0.25) is 9.69 Å². The van der Waals surface area contributed by atoms with Crippen molar-refractivity contribution >= 4 is 5.91 Å². The summed E-state index contributed by atoms with van der Waals surface area (Å²) in [5.41, 5.74) is 1.31. The molecule has 0 saturated carbocycles. The van der Waals surface area contributed by atoms with Crippen LogP contribution in [-0.4, -0.2) is 52.0 Å². The van der Waals surface area contributed by atoms with E-state index in [0.717, 1.165) is 39.1 Å². The number of carbonyl (C=O) groups is 1. The van der Waals surface area contributed by atoms with Crippen LogP contribution in [0.25, 0.3) is 11.6 Å². The van der Waals surface area contributed by atoms with Crippen LogP contribution in [-0.2, 0) is 17.8 Å². The minimum absolute atomic E-state index is 0.138. The molecule has 0 atom stereocenters. The predicted octanol–water partition coefficient (Wildman–Crippen LogP) is 3.00. The quantitative estimate of drug-likeness (QED) is 0.654. The molecular formula is C21H24N4O3.